The van der Waals surface area contributed by atoms with Crippen LogP contribution < -0.4 is 0 Å². The van der Waals surface area contributed by atoms with E-state index in [2.05, 4.69) is 20.8 Å². The monoisotopic (exact) mass is 648 g/mol. The molecular formula is C37H44O10. The van der Waals surface area contributed by atoms with Crippen LogP contribution in [0.15, 0.2) is 64.5 Å². The Morgan fingerprint density at radius 1 is 0.915 bits per heavy atom. The number of aliphatic hydroxyl groups excluding tert-OH is 1. The highest BCUT2D eigenvalue weighted by Gasteiger charge is 2.77. The molecule has 10 nitrogen and oxygen atoms in total. The number of carbonyl (C=O) groups is 3. The third kappa shape index (κ3) is 4.73. The minimum absolute atomic E-state index is 0.0359. The van der Waals surface area contributed by atoms with Crippen LogP contribution >= 0.6 is 0 Å². The number of aliphatic hydroxyl groups is 1. The van der Waals surface area contributed by atoms with Gasteiger partial charge in [0.2, 0.25) is 0 Å². The maximum absolute atomic E-state index is 14.0. The van der Waals surface area contributed by atoms with Crippen molar-refractivity contribution in [3.63, 3.8) is 0 Å². The number of hydrogen-bond donors (Lipinski definition) is 1. The molecule has 0 bridgehead atoms. The number of rotatable bonds is 5. The van der Waals surface area contributed by atoms with Crippen LogP contribution in [0.25, 0.3) is 0 Å². The first kappa shape index (κ1) is 32.1. The first-order valence-electron chi connectivity index (χ1n) is 16.6. The molecular weight excluding hydrogens is 604 g/mol. The first-order chi connectivity index (χ1) is 22.3. The number of ether oxygens (including phenoxy) is 5. The molecule has 4 fully saturated rings. The summed E-state index contributed by atoms with van der Waals surface area (Å²) < 4.78 is 37.5. The zero-order valence-corrected chi connectivity index (χ0v) is 27.8. The standard InChI is InChI=1S/C37H44O10/c1-19-24(23-12-13-42-17-23)14-25-30(19)37(6)26(15-29(40)46-25)36(5)28(45-21(3)39)16-27(44-20(2)38)35(4)18-43-31(32(35)36)33(37)47-34(41)22-10-8-7-9-11-22/h7-13,17,24-29,31-33,40H,14-16,18H2,1-6H3/t24-,25?,26?,27-,28+,29+,31-,32+,33-,35-,36+,37-/m1/s1. The van der Waals surface area contributed by atoms with Gasteiger partial charge in [0.15, 0.2) is 6.29 Å². The summed E-state index contributed by atoms with van der Waals surface area (Å²) in [5, 5.41) is 11.6. The minimum Gasteiger partial charge on any atom is -0.472 e. The van der Waals surface area contributed by atoms with E-state index < -0.39 is 76.9 Å². The molecule has 1 aromatic carbocycles. The molecule has 1 N–H and O–H groups in total. The van der Waals surface area contributed by atoms with Gasteiger partial charge >= 0.3 is 17.9 Å². The summed E-state index contributed by atoms with van der Waals surface area (Å²) in [6.07, 6.45) is 0.128. The van der Waals surface area contributed by atoms with Crippen LogP contribution in [0.5, 0.6) is 0 Å². The second kappa shape index (κ2) is 11.3. The van der Waals surface area contributed by atoms with Crippen molar-refractivity contribution in [3.05, 3.63) is 71.2 Å². The fourth-order valence-electron chi connectivity index (χ4n) is 10.7. The van der Waals surface area contributed by atoms with Gasteiger partial charge in [0.05, 0.1) is 36.9 Å². The second-order valence-electron chi connectivity index (χ2n) is 14.8. The van der Waals surface area contributed by atoms with Crippen LogP contribution in [0.4, 0.5) is 0 Å². The summed E-state index contributed by atoms with van der Waals surface area (Å²) in [5.41, 5.74) is 1.04. The molecule has 3 aliphatic carbocycles. The van der Waals surface area contributed by atoms with Crippen molar-refractivity contribution in [2.75, 3.05) is 6.61 Å². The summed E-state index contributed by atoms with van der Waals surface area (Å²) in [4.78, 5) is 39.2. The summed E-state index contributed by atoms with van der Waals surface area (Å²) in [5.74, 6) is -2.18. The Balaban J connectivity index is 1.46. The van der Waals surface area contributed by atoms with Crippen LogP contribution in [0.2, 0.25) is 0 Å². The van der Waals surface area contributed by atoms with Gasteiger partial charge in [0.25, 0.3) is 0 Å². The normalized spacial score (nSPS) is 42.1. The maximum atomic E-state index is 14.0. The maximum Gasteiger partial charge on any atom is 0.338 e. The van der Waals surface area contributed by atoms with Gasteiger partial charge in [-0.1, -0.05) is 44.5 Å². The molecule has 1 aromatic heterocycles. The van der Waals surface area contributed by atoms with E-state index in [9.17, 15) is 19.5 Å². The molecule has 2 aromatic rings. The van der Waals surface area contributed by atoms with E-state index in [0.717, 1.165) is 16.7 Å². The van der Waals surface area contributed by atoms with Gasteiger partial charge in [-0.3, -0.25) is 9.59 Å². The Kier molecular flexibility index (Phi) is 7.72. The predicted molar refractivity (Wildman–Crippen MR) is 167 cm³/mol. The highest BCUT2D eigenvalue weighted by Crippen LogP contribution is 2.72. The molecule has 0 amide bonds. The second-order valence-corrected chi connectivity index (χ2v) is 14.8. The molecule has 3 heterocycles. The number of benzene rings is 1. The number of carbonyl (C=O) groups excluding carboxylic acids is 3. The lowest BCUT2D eigenvalue weighted by atomic mass is 9.39. The lowest BCUT2D eigenvalue weighted by Gasteiger charge is -2.66. The molecule has 2 aliphatic heterocycles. The van der Waals surface area contributed by atoms with Gasteiger partial charge in [-0.2, -0.15) is 0 Å². The molecule has 2 saturated carbocycles. The lowest BCUT2D eigenvalue weighted by molar-refractivity contribution is -0.258. The summed E-state index contributed by atoms with van der Waals surface area (Å²) in [6, 6.07) is 10.8. The Hall–Kier alpha value is -3.47. The molecule has 47 heavy (non-hydrogen) atoms. The zero-order chi connectivity index (χ0) is 33.5. The Morgan fingerprint density at radius 2 is 1.62 bits per heavy atom. The Morgan fingerprint density at radius 3 is 2.28 bits per heavy atom. The van der Waals surface area contributed by atoms with Crippen molar-refractivity contribution in [2.24, 2.45) is 28.1 Å². The topological polar surface area (TPSA) is 131 Å². The van der Waals surface area contributed by atoms with Crippen molar-refractivity contribution < 1.29 is 47.6 Å². The van der Waals surface area contributed by atoms with Crippen molar-refractivity contribution >= 4 is 17.9 Å². The van der Waals surface area contributed by atoms with E-state index in [1.165, 1.54) is 13.8 Å². The van der Waals surface area contributed by atoms with E-state index in [-0.39, 0.29) is 31.3 Å². The van der Waals surface area contributed by atoms with E-state index in [4.69, 9.17) is 28.1 Å². The van der Waals surface area contributed by atoms with Gasteiger partial charge in [-0.25, -0.2) is 4.79 Å². The third-order valence-electron chi connectivity index (χ3n) is 12.4. The van der Waals surface area contributed by atoms with Crippen molar-refractivity contribution in [1.82, 2.24) is 0 Å². The molecule has 10 heteroatoms. The van der Waals surface area contributed by atoms with E-state index in [1.807, 2.05) is 19.1 Å². The fourth-order valence-corrected chi connectivity index (χ4v) is 10.7. The Bertz CT molecular complexity index is 1580. The van der Waals surface area contributed by atoms with Gasteiger partial charge in [0.1, 0.15) is 18.3 Å². The molecule has 7 rings (SSSR count). The summed E-state index contributed by atoms with van der Waals surface area (Å²) >= 11 is 0. The Labute approximate surface area is 274 Å². The quantitative estimate of drug-likeness (QED) is 0.257. The largest absolute Gasteiger partial charge is 0.472 e. The molecule has 2 unspecified atom stereocenters. The number of furan rings is 1. The van der Waals surface area contributed by atoms with Crippen LogP contribution in [0.3, 0.4) is 0 Å². The number of allylic oxidation sites excluding steroid dienone is 1. The molecule has 12 atom stereocenters. The summed E-state index contributed by atoms with van der Waals surface area (Å²) in [6.45, 7) is 11.4. The van der Waals surface area contributed by atoms with Crippen LogP contribution in [-0.4, -0.2) is 66.4 Å². The highest BCUT2D eigenvalue weighted by molar-refractivity contribution is 5.89. The molecule has 0 radical (unpaired) electrons. The average Bonchev–Trinajstić information content (AvgIpc) is 3.73. The molecule has 2 saturated heterocycles. The van der Waals surface area contributed by atoms with Crippen molar-refractivity contribution in [2.45, 2.75) is 104 Å². The van der Waals surface area contributed by atoms with E-state index >= 15 is 0 Å². The van der Waals surface area contributed by atoms with E-state index in [1.54, 1.807) is 36.8 Å². The smallest absolute Gasteiger partial charge is 0.338 e. The fraction of sp³-hybridized carbons (Fsp3) is 0.595. The molecule has 252 valence electrons. The third-order valence-corrected chi connectivity index (χ3v) is 12.4. The van der Waals surface area contributed by atoms with Crippen molar-refractivity contribution in [1.29, 1.82) is 0 Å². The zero-order valence-electron chi connectivity index (χ0n) is 27.8. The first-order valence-corrected chi connectivity index (χ1v) is 16.6. The predicted octanol–water partition coefficient (Wildman–Crippen LogP) is 5.35. The van der Waals surface area contributed by atoms with Crippen LogP contribution in [-0.2, 0) is 33.3 Å². The highest BCUT2D eigenvalue weighted by atomic mass is 16.6. The number of fused-ring (bicyclic) bond motifs is 4. The van der Waals surface area contributed by atoms with Crippen LogP contribution in [0.1, 0.15) is 82.6 Å². The van der Waals surface area contributed by atoms with Crippen LogP contribution in [0, 0.1) is 28.1 Å². The lowest BCUT2D eigenvalue weighted by Crippen LogP contribution is -2.72. The average molecular weight is 649 g/mol. The van der Waals surface area contributed by atoms with Gasteiger partial charge in [-0.05, 0) is 48.6 Å². The summed E-state index contributed by atoms with van der Waals surface area (Å²) in [7, 11) is 0. The number of esters is 3. The molecule has 5 aliphatic rings. The van der Waals surface area contributed by atoms with Gasteiger partial charge < -0.3 is 33.2 Å². The SMILES string of the molecule is CC(=O)O[C@H]1C[C@@H](OC(C)=O)[C@@]2(C)CO[C@H]3[C@@H](OC(=O)c4ccccc4)[C@@]4(C)C5=C(C)[C@H](c6ccoc6)CC5O[C@H](O)CC4[C@]1(C)[C@@H]32. The van der Waals surface area contributed by atoms with Crippen molar-refractivity contribution in [3.8, 4) is 0 Å². The van der Waals surface area contributed by atoms with E-state index in [0.29, 0.717) is 12.0 Å². The number of hydrogen-bond acceptors (Lipinski definition) is 10. The van der Waals surface area contributed by atoms with Gasteiger partial charge in [-0.15, -0.1) is 0 Å². The molecule has 0 spiro atoms. The minimum atomic E-state index is -1.13. The van der Waals surface area contributed by atoms with Gasteiger partial charge in [0, 0.05) is 54.8 Å².